The van der Waals surface area contributed by atoms with Gasteiger partial charge >= 0.3 is 0 Å². The van der Waals surface area contributed by atoms with E-state index in [1.54, 1.807) is 13.3 Å². The highest BCUT2D eigenvalue weighted by molar-refractivity contribution is 9.10. The maximum atomic E-state index is 11.9. The molecule has 6 heteroatoms. The van der Waals surface area contributed by atoms with Crippen molar-refractivity contribution < 1.29 is 14.3 Å². The van der Waals surface area contributed by atoms with Crippen molar-refractivity contribution in [2.24, 2.45) is 5.10 Å². The SMILES string of the molecule is COc1ccc(/C=N/NC(=O)COc2ccc(-c3ccccc3)cc2)cc1Br. The molecule has 0 saturated carbocycles. The normalized spacial score (nSPS) is 10.6. The van der Waals surface area contributed by atoms with E-state index in [0.29, 0.717) is 5.75 Å². The van der Waals surface area contributed by atoms with E-state index < -0.39 is 0 Å². The zero-order valence-corrected chi connectivity index (χ0v) is 16.8. The van der Waals surface area contributed by atoms with Crippen LogP contribution in [0.3, 0.4) is 0 Å². The molecule has 5 nitrogen and oxygen atoms in total. The first kappa shape index (κ1) is 19.6. The first-order valence-electron chi connectivity index (χ1n) is 8.59. The van der Waals surface area contributed by atoms with Crippen LogP contribution in [-0.4, -0.2) is 25.8 Å². The molecule has 3 aromatic rings. The number of nitrogens with one attached hydrogen (secondary N) is 1. The molecule has 0 aliphatic carbocycles. The number of benzene rings is 3. The minimum absolute atomic E-state index is 0.117. The minimum Gasteiger partial charge on any atom is -0.496 e. The Kier molecular flexibility index (Phi) is 6.81. The Balaban J connectivity index is 1.48. The Labute approximate surface area is 172 Å². The van der Waals surface area contributed by atoms with E-state index in [4.69, 9.17) is 9.47 Å². The molecule has 142 valence electrons. The average Bonchev–Trinajstić information content (AvgIpc) is 2.73. The predicted octanol–water partition coefficient (Wildman–Crippen LogP) is 4.65. The highest BCUT2D eigenvalue weighted by atomic mass is 79.9. The molecule has 28 heavy (non-hydrogen) atoms. The van der Waals surface area contributed by atoms with Crippen LogP contribution in [0, 0.1) is 0 Å². The molecule has 0 fully saturated rings. The molecule has 0 bridgehead atoms. The summed E-state index contributed by atoms with van der Waals surface area (Å²) in [6, 6.07) is 23.2. The summed E-state index contributed by atoms with van der Waals surface area (Å²) in [5, 5.41) is 3.94. The molecule has 0 unspecified atom stereocenters. The maximum absolute atomic E-state index is 11.9. The third-order valence-electron chi connectivity index (χ3n) is 3.91. The van der Waals surface area contributed by atoms with Crippen LogP contribution in [0.2, 0.25) is 0 Å². The van der Waals surface area contributed by atoms with Gasteiger partial charge < -0.3 is 9.47 Å². The second-order valence-corrected chi connectivity index (χ2v) is 6.72. The number of carbonyl (C=O) groups is 1. The summed E-state index contributed by atoms with van der Waals surface area (Å²) in [4.78, 5) is 11.9. The zero-order valence-electron chi connectivity index (χ0n) is 15.3. The monoisotopic (exact) mass is 438 g/mol. The quantitative estimate of drug-likeness (QED) is 0.431. The van der Waals surface area contributed by atoms with Gasteiger partial charge in [-0.05, 0) is 63.0 Å². The molecule has 0 aliphatic heterocycles. The van der Waals surface area contributed by atoms with Crippen LogP contribution < -0.4 is 14.9 Å². The number of hydrogen-bond acceptors (Lipinski definition) is 4. The summed E-state index contributed by atoms with van der Waals surface area (Å²) in [5.41, 5.74) is 5.49. The van der Waals surface area contributed by atoms with E-state index in [1.807, 2.05) is 72.8 Å². The van der Waals surface area contributed by atoms with Crippen LogP contribution in [-0.2, 0) is 4.79 Å². The lowest BCUT2D eigenvalue weighted by Gasteiger charge is -2.07. The van der Waals surface area contributed by atoms with Crippen molar-refractivity contribution in [2.75, 3.05) is 13.7 Å². The highest BCUT2D eigenvalue weighted by Gasteiger charge is 2.03. The largest absolute Gasteiger partial charge is 0.496 e. The van der Waals surface area contributed by atoms with E-state index in [2.05, 4.69) is 26.5 Å². The van der Waals surface area contributed by atoms with Gasteiger partial charge in [0.05, 0.1) is 17.8 Å². The van der Waals surface area contributed by atoms with E-state index in [9.17, 15) is 4.79 Å². The van der Waals surface area contributed by atoms with E-state index in [-0.39, 0.29) is 12.5 Å². The van der Waals surface area contributed by atoms with E-state index >= 15 is 0 Å². The fourth-order valence-electron chi connectivity index (χ4n) is 2.50. The van der Waals surface area contributed by atoms with E-state index in [1.165, 1.54) is 0 Å². The van der Waals surface area contributed by atoms with Crippen molar-refractivity contribution in [3.8, 4) is 22.6 Å². The number of carbonyl (C=O) groups excluding carboxylic acids is 1. The summed E-state index contributed by atoms with van der Waals surface area (Å²) in [6.45, 7) is -0.117. The molecule has 0 aliphatic rings. The number of methoxy groups -OCH3 is 1. The number of hydrazone groups is 1. The van der Waals surface area contributed by atoms with Gasteiger partial charge in [0, 0.05) is 0 Å². The summed E-state index contributed by atoms with van der Waals surface area (Å²) in [5.74, 6) is 1.02. The lowest BCUT2D eigenvalue weighted by Crippen LogP contribution is -2.24. The number of halogens is 1. The molecule has 0 atom stereocenters. The molecule has 0 radical (unpaired) electrons. The van der Waals surface area contributed by atoms with Gasteiger partial charge in [-0.2, -0.15) is 5.10 Å². The van der Waals surface area contributed by atoms with Crippen LogP contribution in [0.15, 0.2) is 82.4 Å². The van der Waals surface area contributed by atoms with Crippen molar-refractivity contribution >= 4 is 28.1 Å². The first-order chi connectivity index (χ1) is 13.7. The number of nitrogens with zero attached hydrogens (tertiary/aromatic N) is 1. The number of rotatable bonds is 7. The Morgan fingerprint density at radius 1 is 1.04 bits per heavy atom. The van der Waals surface area contributed by atoms with Crippen molar-refractivity contribution in [3.63, 3.8) is 0 Å². The second kappa shape index (κ2) is 9.71. The molecule has 0 heterocycles. The van der Waals surface area contributed by atoms with Crippen LogP contribution in [0.4, 0.5) is 0 Å². The van der Waals surface area contributed by atoms with Crippen LogP contribution >= 0.6 is 15.9 Å². The van der Waals surface area contributed by atoms with Crippen molar-refractivity contribution in [3.05, 3.63) is 82.8 Å². The van der Waals surface area contributed by atoms with Crippen LogP contribution in [0.5, 0.6) is 11.5 Å². The van der Waals surface area contributed by atoms with Crippen molar-refractivity contribution in [1.29, 1.82) is 0 Å². The van der Waals surface area contributed by atoms with Gasteiger partial charge in [0.1, 0.15) is 11.5 Å². The summed E-state index contributed by atoms with van der Waals surface area (Å²) in [7, 11) is 1.60. The molecule has 1 N–H and O–H groups in total. The second-order valence-electron chi connectivity index (χ2n) is 5.87. The lowest BCUT2D eigenvalue weighted by molar-refractivity contribution is -0.123. The fourth-order valence-corrected chi connectivity index (χ4v) is 3.06. The van der Waals surface area contributed by atoms with Gasteiger partial charge in [-0.15, -0.1) is 0 Å². The standard InChI is InChI=1S/C22H19BrN2O3/c1-27-21-12-7-16(13-20(21)23)14-24-25-22(26)15-28-19-10-8-18(9-11-19)17-5-3-2-4-6-17/h2-14H,15H2,1H3,(H,25,26)/b24-14+. The van der Waals surface area contributed by atoms with Crippen molar-refractivity contribution in [1.82, 2.24) is 5.43 Å². The van der Waals surface area contributed by atoms with Gasteiger partial charge in [-0.1, -0.05) is 42.5 Å². The topological polar surface area (TPSA) is 59.9 Å². The molecule has 0 aromatic heterocycles. The third-order valence-corrected chi connectivity index (χ3v) is 4.53. The predicted molar refractivity (Wildman–Crippen MR) is 114 cm³/mol. The van der Waals surface area contributed by atoms with E-state index in [0.717, 1.165) is 26.9 Å². The highest BCUT2D eigenvalue weighted by Crippen LogP contribution is 2.25. The fraction of sp³-hybridized carbons (Fsp3) is 0.0909. The number of amides is 1. The van der Waals surface area contributed by atoms with Crippen LogP contribution in [0.25, 0.3) is 11.1 Å². The van der Waals surface area contributed by atoms with Gasteiger partial charge in [0.2, 0.25) is 0 Å². The Morgan fingerprint density at radius 3 is 2.43 bits per heavy atom. The molecule has 1 amide bonds. The Morgan fingerprint density at radius 2 is 1.75 bits per heavy atom. The maximum Gasteiger partial charge on any atom is 0.277 e. The first-order valence-corrected chi connectivity index (χ1v) is 9.39. The average molecular weight is 439 g/mol. The molecule has 3 rings (SSSR count). The summed E-state index contributed by atoms with van der Waals surface area (Å²) >= 11 is 3.40. The van der Waals surface area contributed by atoms with Gasteiger partial charge in [-0.3, -0.25) is 4.79 Å². The van der Waals surface area contributed by atoms with Crippen molar-refractivity contribution in [2.45, 2.75) is 0 Å². The van der Waals surface area contributed by atoms with Crippen LogP contribution in [0.1, 0.15) is 5.56 Å². The minimum atomic E-state index is -0.337. The smallest absolute Gasteiger partial charge is 0.277 e. The van der Waals surface area contributed by atoms with Gasteiger partial charge in [0.15, 0.2) is 6.61 Å². The summed E-state index contributed by atoms with van der Waals surface area (Å²) in [6.07, 6.45) is 1.55. The molecule has 0 saturated heterocycles. The molecular weight excluding hydrogens is 420 g/mol. The molecule has 3 aromatic carbocycles. The number of hydrogen-bond donors (Lipinski definition) is 1. The van der Waals surface area contributed by atoms with Gasteiger partial charge in [-0.25, -0.2) is 5.43 Å². The Hall–Kier alpha value is -3.12. The third kappa shape index (κ3) is 5.44. The zero-order chi connectivity index (χ0) is 19.8. The van der Waals surface area contributed by atoms with Gasteiger partial charge in [0.25, 0.3) is 5.91 Å². The lowest BCUT2D eigenvalue weighted by atomic mass is 10.1. The molecular formula is C22H19BrN2O3. The summed E-state index contributed by atoms with van der Waals surface area (Å²) < 4.78 is 11.5. The Bertz CT molecular complexity index is 957. The molecule has 0 spiro atoms. The number of ether oxygens (including phenoxy) is 2.